The van der Waals surface area contributed by atoms with Crippen molar-refractivity contribution in [2.75, 3.05) is 6.61 Å². The van der Waals surface area contributed by atoms with Crippen LogP contribution in [-0.2, 0) is 4.79 Å². The first kappa shape index (κ1) is 14.0. The van der Waals surface area contributed by atoms with E-state index in [1.54, 1.807) is 37.3 Å². The molecule has 1 rings (SSSR count). The smallest absolute Gasteiger partial charge is 0.313 e. The molecule has 5 N–H and O–H groups in total. The highest BCUT2D eigenvalue weighted by Crippen LogP contribution is 2.12. The van der Waals surface area contributed by atoms with Crippen molar-refractivity contribution in [1.82, 2.24) is 10.6 Å². The van der Waals surface area contributed by atoms with Crippen LogP contribution in [0.1, 0.15) is 18.5 Å². The molecular formula is C12H17N3O3. The van der Waals surface area contributed by atoms with Gasteiger partial charge in [0.1, 0.15) is 6.04 Å². The second-order valence-corrected chi connectivity index (χ2v) is 3.94. The van der Waals surface area contributed by atoms with E-state index in [9.17, 15) is 9.59 Å². The Hall–Kier alpha value is -2.08. The van der Waals surface area contributed by atoms with Crippen molar-refractivity contribution < 1.29 is 14.7 Å². The van der Waals surface area contributed by atoms with Gasteiger partial charge in [0, 0.05) is 6.04 Å². The molecule has 6 nitrogen and oxygen atoms in total. The van der Waals surface area contributed by atoms with Gasteiger partial charge in [-0.05, 0) is 12.5 Å². The second-order valence-electron chi connectivity index (χ2n) is 3.94. The first-order valence-electron chi connectivity index (χ1n) is 5.56. The zero-order chi connectivity index (χ0) is 13.5. The predicted molar refractivity (Wildman–Crippen MR) is 66.6 cm³/mol. The van der Waals surface area contributed by atoms with E-state index in [0.29, 0.717) is 5.56 Å². The van der Waals surface area contributed by atoms with Crippen molar-refractivity contribution >= 4 is 11.9 Å². The molecule has 0 fully saturated rings. The van der Waals surface area contributed by atoms with Gasteiger partial charge in [-0.25, -0.2) is 4.79 Å². The van der Waals surface area contributed by atoms with E-state index < -0.39 is 24.0 Å². The topological polar surface area (TPSA) is 104 Å². The molecule has 6 heteroatoms. The van der Waals surface area contributed by atoms with Crippen LogP contribution in [0.4, 0.5) is 4.79 Å². The van der Waals surface area contributed by atoms with Crippen molar-refractivity contribution in [3.8, 4) is 0 Å². The maximum atomic E-state index is 12.0. The number of aliphatic hydroxyl groups is 1. The number of benzene rings is 1. The van der Waals surface area contributed by atoms with Gasteiger partial charge in [0.25, 0.3) is 0 Å². The minimum atomic E-state index is -0.863. The van der Waals surface area contributed by atoms with E-state index in [1.165, 1.54) is 0 Å². The Morgan fingerprint density at radius 3 is 2.39 bits per heavy atom. The summed E-state index contributed by atoms with van der Waals surface area (Å²) in [6.45, 7) is 1.48. The summed E-state index contributed by atoms with van der Waals surface area (Å²) in [4.78, 5) is 22.9. The van der Waals surface area contributed by atoms with Crippen molar-refractivity contribution in [3.05, 3.63) is 35.9 Å². The molecule has 0 heterocycles. The summed E-state index contributed by atoms with van der Waals surface area (Å²) in [7, 11) is 0. The van der Waals surface area contributed by atoms with Gasteiger partial charge in [0.15, 0.2) is 0 Å². The number of carbonyl (C=O) groups is 2. The molecule has 98 valence electrons. The molecule has 1 aromatic carbocycles. The quantitative estimate of drug-likeness (QED) is 0.587. The Balaban J connectivity index is 2.85. The molecule has 1 unspecified atom stereocenters. The standard InChI is InChI=1S/C12H17N3O3/c1-8(7-16)14-11(17)10(15-12(13)18)9-5-3-2-4-6-9/h2-6,8,10,16H,7H2,1H3,(H,14,17)(H3,13,15,18)/t8-,10?/m0/s1. The Kier molecular flexibility index (Phi) is 5.13. The number of amides is 3. The van der Waals surface area contributed by atoms with E-state index in [0.717, 1.165) is 0 Å². The van der Waals surface area contributed by atoms with E-state index >= 15 is 0 Å². The van der Waals surface area contributed by atoms with E-state index in [-0.39, 0.29) is 6.61 Å². The molecule has 0 saturated carbocycles. The number of nitrogens with one attached hydrogen (secondary N) is 2. The van der Waals surface area contributed by atoms with Gasteiger partial charge in [0.05, 0.1) is 6.61 Å². The molecule has 0 aromatic heterocycles. The van der Waals surface area contributed by atoms with Crippen LogP contribution in [0.25, 0.3) is 0 Å². The van der Waals surface area contributed by atoms with Crippen molar-refractivity contribution in [2.45, 2.75) is 19.0 Å². The van der Waals surface area contributed by atoms with E-state index in [1.807, 2.05) is 0 Å². The summed E-state index contributed by atoms with van der Waals surface area (Å²) in [5.74, 6) is -0.415. The monoisotopic (exact) mass is 251 g/mol. The van der Waals surface area contributed by atoms with Crippen LogP contribution < -0.4 is 16.4 Å². The molecule has 3 amide bonds. The SMILES string of the molecule is C[C@@H](CO)NC(=O)C(NC(N)=O)c1ccccc1. The lowest BCUT2D eigenvalue weighted by Crippen LogP contribution is -2.45. The van der Waals surface area contributed by atoms with Crippen LogP contribution in [0.2, 0.25) is 0 Å². The number of urea groups is 1. The molecular weight excluding hydrogens is 234 g/mol. The molecule has 0 spiro atoms. The average molecular weight is 251 g/mol. The lowest BCUT2D eigenvalue weighted by atomic mass is 10.1. The van der Waals surface area contributed by atoms with Gasteiger partial charge in [-0.1, -0.05) is 30.3 Å². The van der Waals surface area contributed by atoms with Gasteiger partial charge in [0.2, 0.25) is 5.91 Å². The minimum absolute atomic E-state index is 0.177. The molecule has 18 heavy (non-hydrogen) atoms. The summed E-state index contributed by atoms with van der Waals surface area (Å²) in [6.07, 6.45) is 0. The maximum Gasteiger partial charge on any atom is 0.313 e. The van der Waals surface area contributed by atoms with Gasteiger partial charge in [-0.15, -0.1) is 0 Å². The Labute approximate surface area is 105 Å². The normalized spacial score (nSPS) is 13.4. The van der Waals surface area contributed by atoms with Gasteiger partial charge >= 0.3 is 6.03 Å². The third-order valence-corrected chi connectivity index (χ3v) is 2.34. The fourth-order valence-corrected chi connectivity index (χ4v) is 1.46. The summed E-state index contributed by atoms with van der Waals surface area (Å²) in [6, 6.07) is 6.71. The van der Waals surface area contributed by atoms with Crippen LogP contribution in [0.3, 0.4) is 0 Å². The van der Waals surface area contributed by atoms with Crippen LogP contribution in [0, 0.1) is 0 Å². The van der Waals surface area contributed by atoms with Crippen molar-refractivity contribution in [1.29, 1.82) is 0 Å². The Bertz CT molecular complexity index is 408. The molecule has 0 bridgehead atoms. The molecule has 2 atom stereocenters. The Morgan fingerprint density at radius 2 is 1.89 bits per heavy atom. The van der Waals surface area contributed by atoms with Crippen molar-refractivity contribution in [2.24, 2.45) is 5.73 Å². The molecule has 0 aliphatic rings. The number of rotatable bonds is 5. The average Bonchev–Trinajstić information content (AvgIpc) is 2.36. The van der Waals surface area contributed by atoms with Crippen LogP contribution >= 0.6 is 0 Å². The summed E-state index contributed by atoms with van der Waals surface area (Å²) in [5, 5.41) is 13.8. The minimum Gasteiger partial charge on any atom is -0.394 e. The number of aliphatic hydroxyl groups excluding tert-OH is 1. The van der Waals surface area contributed by atoms with Gasteiger partial charge < -0.3 is 21.5 Å². The van der Waals surface area contributed by atoms with Gasteiger partial charge in [-0.2, -0.15) is 0 Å². The zero-order valence-electron chi connectivity index (χ0n) is 10.1. The summed E-state index contributed by atoms with van der Waals surface area (Å²) >= 11 is 0. The number of hydrogen-bond acceptors (Lipinski definition) is 3. The Morgan fingerprint density at radius 1 is 1.28 bits per heavy atom. The molecule has 0 aliphatic carbocycles. The van der Waals surface area contributed by atoms with E-state index in [4.69, 9.17) is 10.8 Å². The van der Waals surface area contributed by atoms with E-state index in [2.05, 4.69) is 10.6 Å². The highest BCUT2D eigenvalue weighted by atomic mass is 16.3. The summed E-state index contributed by atoms with van der Waals surface area (Å²) < 4.78 is 0. The molecule has 0 saturated heterocycles. The fraction of sp³-hybridized carbons (Fsp3) is 0.333. The third kappa shape index (κ3) is 4.06. The van der Waals surface area contributed by atoms with Crippen LogP contribution in [-0.4, -0.2) is 29.7 Å². The van der Waals surface area contributed by atoms with Crippen molar-refractivity contribution in [3.63, 3.8) is 0 Å². The number of carbonyl (C=O) groups excluding carboxylic acids is 2. The summed E-state index contributed by atoms with van der Waals surface area (Å²) in [5.41, 5.74) is 5.68. The third-order valence-electron chi connectivity index (χ3n) is 2.34. The zero-order valence-corrected chi connectivity index (χ0v) is 10.1. The predicted octanol–water partition coefficient (Wildman–Crippen LogP) is -0.107. The highest BCUT2D eigenvalue weighted by molar-refractivity contribution is 5.87. The lowest BCUT2D eigenvalue weighted by Gasteiger charge is -2.19. The molecule has 1 aromatic rings. The largest absolute Gasteiger partial charge is 0.394 e. The fourth-order valence-electron chi connectivity index (χ4n) is 1.46. The number of primary amides is 1. The van der Waals surface area contributed by atoms with Crippen LogP contribution in [0.15, 0.2) is 30.3 Å². The first-order chi connectivity index (χ1) is 8.54. The van der Waals surface area contributed by atoms with Gasteiger partial charge in [-0.3, -0.25) is 4.79 Å². The lowest BCUT2D eigenvalue weighted by molar-refractivity contribution is -0.123. The molecule has 0 aliphatic heterocycles. The second kappa shape index (κ2) is 6.61. The van der Waals surface area contributed by atoms with Crippen LogP contribution in [0.5, 0.6) is 0 Å². The molecule has 0 radical (unpaired) electrons. The number of nitrogens with two attached hydrogens (primary N) is 1. The maximum absolute atomic E-state index is 12.0. The first-order valence-corrected chi connectivity index (χ1v) is 5.56. The highest BCUT2D eigenvalue weighted by Gasteiger charge is 2.22. The number of hydrogen-bond donors (Lipinski definition) is 4.